The molecule has 1 saturated carbocycles. The molecule has 1 aliphatic carbocycles. The van der Waals surface area contributed by atoms with Crippen LogP contribution in [0.4, 0.5) is 20.2 Å². The van der Waals surface area contributed by atoms with Crippen molar-refractivity contribution in [2.75, 3.05) is 29.3 Å². The van der Waals surface area contributed by atoms with Crippen LogP contribution >= 0.6 is 0 Å². The molecule has 1 saturated heterocycles. The van der Waals surface area contributed by atoms with Crippen LogP contribution in [-0.2, 0) is 15.0 Å². The number of carbonyl (C=O) groups is 2. The summed E-state index contributed by atoms with van der Waals surface area (Å²) in [5.74, 6) is -3.00. The van der Waals surface area contributed by atoms with Crippen molar-refractivity contribution in [3.8, 4) is 11.1 Å². The Morgan fingerprint density at radius 1 is 1.05 bits per heavy atom. The molecule has 0 unspecified atom stereocenters. The van der Waals surface area contributed by atoms with Crippen LogP contribution in [0.2, 0.25) is 0 Å². The summed E-state index contributed by atoms with van der Waals surface area (Å²) in [5.41, 5.74) is 1.54. The Morgan fingerprint density at radius 3 is 2.48 bits per heavy atom. The fourth-order valence-electron chi connectivity index (χ4n) is 5.21. The smallest absolute Gasteiger partial charge is 0.299 e. The second kappa shape index (κ2) is 11.3. The number of aromatic amines is 1. The SMILES string of the molecule is O=CC1CCN(c2ccc(-c3cnc4[nH]cc(C(=O)c5c(F)ccc(NS(=O)(=O)NCC6CC6)c5F)c4c3)cc2)CC1. The molecule has 2 aromatic heterocycles. The topological polar surface area (TPSA) is 124 Å². The number of nitrogens with zero attached hydrogens (tertiary/aromatic N) is 2. The van der Waals surface area contributed by atoms with Crippen molar-refractivity contribution in [2.24, 2.45) is 11.8 Å². The number of piperidine rings is 1. The molecule has 0 bridgehead atoms. The first-order valence-electron chi connectivity index (χ1n) is 13.8. The first kappa shape index (κ1) is 28.0. The summed E-state index contributed by atoms with van der Waals surface area (Å²) in [5, 5.41) is 0.369. The number of rotatable bonds is 10. The molecule has 2 fully saturated rings. The van der Waals surface area contributed by atoms with Gasteiger partial charge in [0.25, 0.3) is 10.2 Å². The lowest BCUT2D eigenvalue weighted by Crippen LogP contribution is -2.33. The summed E-state index contributed by atoms with van der Waals surface area (Å²) in [7, 11) is -4.11. The quantitative estimate of drug-likeness (QED) is 0.179. The maximum Gasteiger partial charge on any atom is 0.299 e. The van der Waals surface area contributed by atoms with Crippen LogP contribution in [0.25, 0.3) is 22.2 Å². The van der Waals surface area contributed by atoms with Crippen molar-refractivity contribution < 1.29 is 26.8 Å². The molecular formula is C30H29F2N5O4S. The van der Waals surface area contributed by atoms with Gasteiger partial charge in [0.2, 0.25) is 5.78 Å². The standard InChI is InChI=1S/C30H29F2N5O4S/c31-25-7-8-26(36-42(40,41)35-14-18-1-2-18)28(32)27(25)29(39)24-16-34-30-23(24)13-21(15-33-30)20-3-5-22(6-4-20)37-11-9-19(17-38)10-12-37/h3-8,13,15-19,35-36H,1-2,9-12,14H2,(H,33,34). The Bertz CT molecular complexity index is 1760. The molecule has 2 aromatic carbocycles. The van der Waals surface area contributed by atoms with Gasteiger partial charge in [-0.3, -0.25) is 9.52 Å². The van der Waals surface area contributed by atoms with Gasteiger partial charge in [-0.25, -0.2) is 13.8 Å². The average molecular weight is 594 g/mol. The number of aromatic nitrogens is 2. The highest BCUT2D eigenvalue weighted by molar-refractivity contribution is 7.90. The van der Waals surface area contributed by atoms with E-state index in [0.29, 0.717) is 16.6 Å². The normalized spacial score (nSPS) is 16.1. The summed E-state index contributed by atoms with van der Waals surface area (Å²) in [6.45, 7) is 1.83. The van der Waals surface area contributed by atoms with Crippen molar-refractivity contribution in [3.05, 3.63) is 77.6 Å². The van der Waals surface area contributed by atoms with E-state index in [2.05, 4.69) is 24.3 Å². The second-order valence-electron chi connectivity index (χ2n) is 10.8. The average Bonchev–Trinajstić information content (AvgIpc) is 3.74. The summed E-state index contributed by atoms with van der Waals surface area (Å²) in [6, 6.07) is 11.4. The Hall–Kier alpha value is -4.16. The molecular weight excluding hydrogens is 564 g/mol. The molecule has 1 aliphatic heterocycles. The molecule has 12 heteroatoms. The molecule has 42 heavy (non-hydrogen) atoms. The third kappa shape index (κ3) is 5.77. The Labute approximate surface area is 241 Å². The first-order chi connectivity index (χ1) is 20.2. The van der Waals surface area contributed by atoms with Gasteiger partial charge >= 0.3 is 0 Å². The molecule has 3 N–H and O–H groups in total. The molecule has 9 nitrogen and oxygen atoms in total. The zero-order valence-electron chi connectivity index (χ0n) is 22.6. The van der Waals surface area contributed by atoms with Gasteiger partial charge in [0.1, 0.15) is 17.8 Å². The molecule has 6 rings (SSSR count). The molecule has 0 atom stereocenters. The van der Waals surface area contributed by atoms with Crippen LogP contribution in [0.3, 0.4) is 0 Å². The van der Waals surface area contributed by atoms with E-state index in [9.17, 15) is 22.4 Å². The van der Waals surface area contributed by atoms with Gasteiger partial charge in [0.15, 0.2) is 5.82 Å². The number of aldehydes is 1. The summed E-state index contributed by atoms with van der Waals surface area (Å²) in [6.07, 6.45) is 7.49. The molecule has 0 spiro atoms. The lowest BCUT2D eigenvalue weighted by atomic mass is 9.97. The molecule has 3 heterocycles. The number of pyridine rings is 1. The number of anilines is 2. The minimum Gasteiger partial charge on any atom is -0.371 e. The predicted molar refractivity (Wildman–Crippen MR) is 156 cm³/mol. The van der Waals surface area contributed by atoms with Gasteiger partial charge in [-0.1, -0.05) is 12.1 Å². The van der Waals surface area contributed by atoms with Crippen molar-refractivity contribution in [1.29, 1.82) is 0 Å². The van der Waals surface area contributed by atoms with Crippen molar-refractivity contribution in [3.63, 3.8) is 0 Å². The lowest BCUT2D eigenvalue weighted by molar-refractivity contribution is -0.111. The predicted octanol–water partition coefficient (Wildman–Crippen LogP) is 4.81. The van der Waals surface area contributed by atoms with Gasteiger partial charge < -0.3 is 14.7 Å². The van der Waals surface area contributed by atoms with Gasteiger partial charge in [-0.15, -0.1) is 0 Å². The lowest BCUT2D eigenvalue weighted by Gasteiger charge is -2.31. The van der Waals surface area contributed by atoms with Gasteiger partial charge in [-0.05, 0) is 67.5 Å². The highest BCUT2D eigenvalue weighted by Gasteiger charge is 2.27. The number of carbonyl (C=O) groups excluding carboxylic acids is 2. The number of hydrogen-bond acceptors (Lipinski definition) is 6. The van der Waals surface area contributed by atoms with Crippen LogP contribution in [0, 0.1) is 23.5 Å². The van der Waals surface area contributed by atoms with E-state index in [0.717, 1.165) is 68.4 Å². The minimum atomic E-state index is -4.11. The summed E-state index contributed by atoms with van der Waals surface area (Å²) < 4.78 is 59.4. The van der Waals surface area contributed by atoms with Crippen LogP contribution in [0.5, 0.6) is 0 Å². The Balaban J connectivity index is 1.26. The second-order valence-corrected chi connectivity index (χ2v) is 12.3. The van der Waals surface area contributed by atoms with E-state index < -0.39 is 38.9 Å². The highest BCUT2D eigenvalue weighted by atomic mass is 32.2. The maximum absolute atomic E-state index is 15.4. The number of fused-ring (bicyclic) bond motifs is 1. The van der Waals surface area contributed by atoms with E-state index >= 15 is 4.39 Å². The van der Waals surface area contributed by atoms with Crippen LogP contribution < -0.4 is 14.3 Å². The Kier molecular flexibility index (Phi) is 7.50. The summed E-state index contributed by atoms with van der Waals surface area (Å²) in [4.78, 5) is 34.0. The molecule has 4 aromatic rings. The number of halogens is 2. The van der Waals surface area contributed by atoms with E-state index in [1.54, 1.807) is 12.3 Å². The number of nitrogens with one attached hydrogen (secondary N) is 3. The van der Waals surface area contributed by atoms with Gasteiger partial charge in [0, 0.05) is 60.1 Å². The molecule has 2 aliphatic rings. The van der Waals surface area contributed by atoms with Gasteiger partial charge in [0.05, 0.1) is 11.3 Å². The monoisotopic (exact) mass is 593 g/mol. The van der Waals surface area contributed by atoms with Crippen molar-refractivity contribution >= 4 is 44.7 Å². The minimum absolute atomic E-state index is 0.00122. The van der Waals surface area contributed by atoms with E-state index in [4.69, 9.17) is 0 Å². The van der Waals surface area contributed by atoms with Gasteiger partial charge in [-0.2, -0.15) is 13.1 Å². The number of benzene rings is 2. The summed E-state index contributed by atoms with van der Waals surface area (Å²) >= 11 is 0. The molecule has 0 amide bonds. The molecule has 0 radical (unpaired) electrons. The Morgan fingerprint density at radius 2 is 1.79 bits per heavy atom. The fourth-order valence-corrected chi connectivity index (χ4v) is 6.19. The third-order valence-corrected chi connectivity index (χ3v) is 8.93. The number of H-pyrrole nitrogens is 1. The number of hydrogen-bond donors (Lipinski definition) is 3. The fraction of sp³-hybridized carbons (Fsp3) is 0.300. The van der Waals surface area contributed by atoms with E-state index in [1.165, 1.54) is 6.20 Å². The largest absolute Gasteiger partial charge is 0.371 e. The third-order valence-electron chi connectivity index (χ3n) is 7.90. The van der Waals surface area contributed by atoms with Crippen molar-refractivity contribution in [2.45, 2.75) is 25.7 Å². The van der Waals surface area contributed by atoms with Crippen LogP contribution in [0.1, 0.15) is 41.6 Å². The van der Waals surface area contributed by atoms with Crippen LogP contribution in [-0.4, -0.2) is 50.1 Å². The van der Waals surface area contributed by atoms with Crippen molar-refractivity contribution in [1.82, 2.24) is 14.7 Å². The van der Waals surface area contributed by atoms with E-state index in [-0.39, 0.29) is 23.9 Å². The zero-order chi connectivity index (χ0) is 29.4. The molecule has 218 valence electrons. The van der Waals surface area contributed by atoms with E-state index in [1.807, 2.05) is 24.3 Å². The zero-order valence-corrected chi connectivity index (χ0v) is 23.4. The van der Waals surface area contributed by atoms with Crippen LogP contribution in [0.15, 0.2) is 54.9 Å². The highest BCUT2D eigenvalue weighted by Crippen LogP contribution is 2.31. The maximum atomic E-state index is 15.4. The first-order valence-corrected chi connectivity index (χ1v) is 15.3. The number of ketones is 1.